The Balaban J connectivity index is 2.00. The van der Waals surface area contributed by atoms with Gasteiger partial charge in [-0.3, -0.25) is 10.2 Å². The predicted molar refractivity (Wildman–Crippen MR) is 76.3 cm³/mol. The molecule has 0 unspecified atom stereocenters. The third-order valence-electron chi connectivity index (χ3n) is 3.77. The lowest BCUT2D eigenvalue weighted by Gasteiger charge is -2.42. The van der Waals surface area contributed by atoms with Crippen LogP contribution in [0.2, 0.25) is 0 Å². The van der Waals surface area contributed by atoms with Gasteiger partial charge in [-0.25, -0.2) is 9.78 Å². The van der Waals surface area contributed by atoms with E-state index >= 15 is 0 Å². The number of hydrogen-bond donors (Lipinski definition) is 1. The predicted octanol–water partition coefficient (Wildman–Crippen LogP) is 1.95. The molecule has 5 heteroatoms. The van der Waals surface area contributed by atoms with E-state index in [4.69, 9.17) is 0 Å². The lowest BCUT2D eigenvalue weighted by atomic mass is 10.1. The highest BCUT2D eigenvalue weighted by Crippen LogP contribution is 2.14. The van der Waals surface area contributed by atoms with E-state index < -0.39 is 0 Å². The number of rotatable bonds is 1. The molecule has 1 aliphatic heterocycles. The third-order valence-corrected chi connectivity index (χ3v) is 3.77. The molecule has 1 aliphatic rings. The van der Waals surface area contributed by atoms with Gasteiger partial charge >= 0.3 is 6.03 Å². The maximum absolute atomic E-state index is 12.2. The molecule has 0 saturated carbocycles. The van der Waals surface area contributed by atoms with Crippen molar-refractivity contribution in [2.45, 2.75) is 32.9 Å². The highest BCUT2D eigenvalue weighted by molar-refractivity contribution is 5.88. The second-order valence-electron chi connectivity index (χ2n) is 5.36. The number of pyridine rings is 1. The number of piperazine rings is 1. The van der Waals surface area contributed by atoms with Gasteiger partial charge in [0.25, 0.3) is 0 Å². The first kappa shape index (κ1) is 13.8. The topological polar surface area (TPSA) is 48.5 Å². The van der Waals surface area contributed by atoms with Gasteiger partial charge in [-0.05, 0) is 40.0 Å². The summed E-state index contributed by atoms with van der Waals surface area (Å²) in [6.45, 7) is 7.69. The fraction of sp³-hybridized carbons (Fsp3) is 0.571. The lowest BCUT2D eigenvalue weighted by Crippen LogP contribution is -2.57. The molecule has 1 aromatic rings. The van der Waals surface area contributed by atoms with Crippen molar-refractivity contribution in [3.05, 3.63) is 23.9 Å². The Morgan fingerprint density at radius 2 is 1.95 bits per heavy atom. The molecule has 1 fully saturated rings. The van der Waals surface area contributed by atoms with Gasteiger partial charge in [0, 0.05) is 30.9 Å². The van der Waals surface area contributed by atoms with Crippen LogP contribution in [0, 0.1) is 6.92 Å². The average molecular weight is 262 g/mol. The molecule has 19 heavy (non-hydrogen) atoms. The number of carbonyl (C=O) groups is 1. The summed E-state index contributed by atoms with van der Waals surface area (Å²) in [6, 6.07) is 6.31. The molecule has 0 radical (unpaired) electrons. The Morgan fingerprint density at radius 1 is 1.32 bits per heavy atom. The van der Waals surface area contributed by atoms with E-state index in [0.29, 0.717) is 17.9 Å². The van der Waals surface area contributed by atoms with E-state index in [9.17, 15) is 4.79 Å². The highest BCUT2D eigenvalue weighted by Gasteiger charge is 2.29. The first-order valence-electron chi connectivity index (χ1n) is 6.69. The van der Waals surface area contributed by atoms with Crippen LogP contribution >= 0.6 is 0 Å². The van der Waals surface area contributed by atoms with Crippen LogP contribution in [0.5, 0.6) is 0 Å². The standard InChI is InChI=1S/C14H22N4O/c1-10-6-5-7-13(15-10)16-14(19)18-8-11(2)17(4)12(3)9-18/h5-7,11-12H,8-9H2,1-4H3,(H,15,16,19)/t11-,12+. The minimum Gasteiger partial charge on any atom is -0.321 e. The zero-order valence-corrected chi connectivity index (χ0v) is 12.1. The van der Waals surface area contributed by atoms with Gasteiger partial charge in [-0.15, -0.1) is 0 Å². The highest BCUT2D eigenvalue weighted by atomic mass is 16.2. The molecule has 1 aromatic heterocycles. The maximum Gasteiger partial charge on any atom is 0.323 e. The molecular formula is C14H22N4O. The minimum absolute atomic E-state index is 0.0649. The number of likely N-dealkylation sites (N-methyl/N-ethyl adjacent to an activating group) is 1. The number of anilines is 1. The molecule has 2 amide bonds. The monoisotopic (exact) mass is 262 g/mol. The number of hydrogen-bond acceptors (Lipinski definition) is 3. The van der Waals surface area contributed by atoms with E-state index in [1.54, 1.807) is 0 Å². The number of urea groups is 1. The van der Waals surface area contributed by atoms with Gasteiger partial charge in [0.15, 0.2) is 0 Å². The second-order valence-corrected chi connectivity index (χ2v) is 5.36. The second kappa shape index (κ2) is 5.57. The number of aromatic nitrogens is 1. The van der Waals surface area contributed by atoms with Crippen LogP contribution in [-0.2, 0) is 0 Å². The van der Waals surface area contributed by atoms with Gasteiger partial charge in [0.2, 0.25) is 0 Å². The summed E-state index contributed by atoms with van der Waals surface area (Å²) in [6.07, 6.45) is 0. The normalized spacial score (nSPS) is 24.3. The van der Waals surface area contributed by atoms with E-state index in [0.717, 1.165) is 18.8 Å². The molecule has 1 saturated heterocycles. The summed E-state index contributed by atoms with van der Waals surface area (Å²) >= 11 is 0. The smallest absolute Gasteiger partial charge is 0.321 e. The summed E-state index contributed by atoms with van der Waals surface area (Å²) in [4.78, 5) is 20.7. The van der Waals surface area contributed by atoms with Crippen LogP contribution < -0.4 is 5.32 Å². The zero-order valence-electron chi connectivity index (χ0n) is 12.1. The van der Waals surface area contributed by atoms with Crippen molar-refractivity contribution < 1.29 is 4.79 Å². The van der Waals surface area contributed by atoms with Crippen molar-refractivity contribution in [1.29, 1.82) is 0 Å². The molecule has 2 rings (SSSR count). The van der Waals surface area contributed by atoms with Crippen molar-refractivity contribution in [3.8, 4) is 0 Å². The van der Waals surface area contributed by atoms with Crippen molar-refractivity contribution in [3.63, 3.8) is 0 Å². The molecule has 0 aromatic carbocycles. The summed E-state index contributed by atoms with van der Waals surface area (Å²) in [5, 5.41) is 2.87. The van der Waals surface area contributed by atoms with Gasteiger partial charge in [0.05, 0.1) is 0 Å². The van der Waals surface area contributed by atoms with Gasteiger partial charge in [-0.2, -0.15) is 0 Å². The van der Waals surface area contributed by atoms with Crippen LogP contribution in [0.15, 0.2) is 18.2 Å². The number of aryl methyl sites for hydroxylation is 1. The quantitative estimate of drug-likeness (QED) is 0.841. The van der Waals surface area contributed by atoms with Crippen LogP contribution in [0.1, 0.15) is 19.5 Å². The Morgan fingerprint density at radius 3 is 2.53 bits per heavy atom. The van der Waals surface area contributed by atoms with Crippen LogP contribution in [0.4, 0.5) is 10.6 Å². The Bertz CT molecular complexity index is 451. The fourth-order valence-electron chi connectivity index (χ4n) is 2.37. The van der Waals surface area contributed by atoms with E-state index in [1.165, 1.54) is 0 Å². The third kappa shape index (κ3) is 3.23. The van der Waals surface area contributed by atoms with Crippen molar-refractivity contribution in [1.82, 2.24) is 14.8 Å². The zero-order chi connectivity index (χ0) is 14.0. The fourth-order valence-corrected chi connectivity index (χ4v) is 2.37. The lowest BCUT2D eigenvalue weighted by molar-refractivity contribution is 0.0816. The molecule has 0 spiro atoms. The summed E-state index contributed by atoms with van der Waals surface area (Å²) in [5.74, 6) is 0.615. The molecular weight excluding hydrogens is 240 g/mol. The van der Waals surface area contributed by atoms with E-state index in [2.05, 4.69) is 36.1 Å². The number of nitrogens with one attached hydrogen (secondary N) is 1. The van der Waals surface area contributed by atoms with Crippen molar-refractivity contribution >= 4 is 11.8 Å². The average Bonchev–Trinajstić information content (AvgIpc) is 2.35. The van der Waals surface area contributed by atoms with E-state index in [-0.39, 0.29) is 6.03 Å². The maximum atomic E-state index is 12.2. The van der Waals surface area contributed by atoms with Crippen LogP contribution in [0.25, 0.3) is 0 Å². The summed E-state index contributed by atoms with van der Waals surface area (Å²) < 4.78 is 0. The summed E-state index contributed by atoms with van der Waals surface area (Å²) in [5.41, 5.74) is 0.901. The number of amides is 2. The first-order chi connectivity index (χ1) is 8.97. The van der Waals surface area contributed by atoms with E-state index in [1.807, 2.05) is 30.0 Å². The SMILES string of the molecule is Cc1cccc(NC(=O)N2C[C@@H](C)N(C)[C@@H](C)C2)n1. The Hall–Kier alpha value is -1.62. The Kier molecular flexibility index (Phi) is 4.04. The molecule has 1 N–H and O–H groups in total. The van der Waals surface area contributed by atoms with Gasteiger partial charge in [0.1, 0.15) is 5.82 Å². The van der Waals surface area contributed by atoms with Crippen molar-refractivity contribution in [2.24, 2.45) is 0 Å². The molecule has 104 valence electrons. The van der Waals surface area contributed by atoms with Crippen LogP contribution in [0.3, 0.4) is 0 Å². The van der Waals surface area contributed by atoms with Crippen LogP contribution in [-0.4, -0.2) is 53.0 Å². The van der Waals surface area contributed by atoms with Gasteiger partial charge in [-0.1, -0.05) is 6.07 Å². The molecule has 2 atom stereocenters. The first-order valence-corrected chi connectivity index (χ1v) is 6.69. The molecule has 0 bridgehead atoms. The summed E-state index contributed by atoms with van der Waals surface area (Å²) in [7, 11) is 2.10. The largest absolute Gasteiger partial charge is 0.323 e. The van der Waals surface area contributed by atoms with Crippen molar-refractivity contribution in [2.75, 3.05) is 25.5 Å². The molecule has 2 heterocycles. The Labute approximate surface area is 114 Å². The number of nitrogens with zero attached hydrogens (tertiary/aromatic N) is 3. The number of carbonyl (C=O) groups excluding carboxylic acids is 1. The molecule has 0 aliphatic carbocycles. The minimum atomic E-state index is -0.0649. The van der Waals surface area contributed by atoms with Gasteiger partial charge < -0.3 is 4.90 Å². The molecule has 5 nitrogen and oxygen atoms in total.